The molecule has 154 valence electrons. The molecule has 2 N–H and O–H groups in total. The molecular formula is C19H38IN3O2S. The van der Waals surface area contributed by atoms with Crippen LogP contribution in [0.15, 0.2) is 4.99 Å². The average molecular weight is 500 g/mol. The summed E-state index contributed by atoms with van der Waals surface area (Å²) in [6.07, 6.45) is 8.06. The Morgan fingerprint density at radius 1 is 1.27 bits per heavy atom. The van der Waals surface area contributed by atoms with Gasteiger partial charge in [-0.2, -0.15) is 0 Å². The highest BCUT2D eigenvalue weighted by atomic mass is 127. The van der Waals surface area contributed by atoms with Crippen molar-refractivity contribution in [2.24, 2.45) is 10.4 Å². The Kier molecular flexibility index (Phi) is 11.7. The van der Waals surface area contributed by atoms with Crippen LogP contribution in [0.2, 0.25) is 0 Å². The molecule has 0 aromatic heterocycles. The summed E-state index contributed by atoms with van der Waals surface area (Å²) in [7, 11) is -0.680. The van der Waals surface area contributed by atoms with Crippen LogP contribution in [0.3, 0.4) is 0 Å². The summed E-state index contributed by atoms with van der Waals surface area (Å²) < 4.78 is 17.7. The number of hydrogen-bond acceptors (Lipinski definition) is 3. The number of nitrogens with zero attached hydrogens (tertiary/aromatic N) is 1. The first-order valence-corrected chi connectivity index (χ1v) is 11.5. The molecule has 2 aliphatic carbocycles. The van der Waals surface area contributed by atoms with Gasteiger partial charge in [-0.3, -0.25) is 9.20 Å². The van der Waals surface area contributed by atoms with Gasteiger partial charge in [-0.25, -0.2) is 0 Å². The van der Waals surface area contributed by atoms with Gasteiger partial charge < -0.3 is 15.4 Å². The lowest BCUT2D eigenvalue weighted by atomic mass is 9.95. The van der Waals surface area contributed by atoms with Crippen molar-refractivity contribution in [1.82, 2.24) is 10.6 Å². The van der Waals surface area contributed by atoms with Crippen LogP contribution in [0.4, 0.5) is 0 Å². The predicted molar refractivity (Wildman–Crippen MR) is 122 cm³/mol. The minimum atomic E-state index is -0.680. The van der Waals surface area contributed by atoms with Gasteiger partial charge in [0.2, 0.25) is 0 Å². The molecule has 0 spiro atoms. The summed E-state index contributed by atoms with van der Waals surface area (Å²) in [5.41, 5.74) is 0.371. The van der Waals surface area contributed by atoms with E-state index in [1.165, 1.54) is 12.8 Å². The van der Waals surface area contributed by atoms with Gasteiger partial charge in [0.1, 0.15) is 0 Å². The second kappa shape index (κ2) is 12.5. The zero-order valence-electron chi connectivity index (χ0n) is 16.7. The van der Waals surface area contributed by atoms with Crippen LogP contribution in [0, 0.1) is 5.41 Å². The lowest BCUT2D eigenvalue weighted by Gasteiger charge is -2.30. The Morgan fingerprint density at radius 2 is 2.04 bits per heavy atom. The van der Waals surface area contributed by atoms with E-state index in [4.69, 9.17) is 9.73 Å². The summed E-state index contributed by atoms with van der Waals surface area (Å²) in [6.45, 7) is 9.58. The van der Waals surface area contributed by atoms with Gasteiger partial charge in [0.15, 0.2) is 5.96 Å². The van der Waals surface area contributed by atoms with E-state index in [1.54, 1.807) is 0 Å². The third-order valence-corrected chi connectivity index (χ3v) is 7.22. The second-order valence-corrected chi connectivity index (χ2v) is 9.45. The highest BCUT2D eigenvalue weighted by Gasteiger charge is 2.42. The zero-order valence-corrected chi connectivity index (χ0v) is 19.9. The minimum absolute atomic E-state index is 0. The van der Waals surface area contributed by atoms with Gasteiger partial charge >= 0.3 is 0 Å². The van der Waals surface area contributed by atoms with Crippen molar-refractivity contribution in [1.29, 1.82) is 0 Å². The predicted octanol–water partition coefficient (Wildman–Crippen LogP) is 3.45. The zero-order chi connectivity index (χ0) is 18.1. The van der Waals surface area contributed by atoms with Crippen LogP contribution in [-0.4, -0.2) is 53.5 Å². The van der Waals surface area contributed by atoms with Crippen LogP contribution < -0.4 is 10.6 Å². The third-order valence-electron chi connectivity index (χ3n) is 5.48. The van der Waals surface area contributed by atoms with E-state index in [0.717, 1.165) is 70.1 Å². The van der Waals surface area contributed by atoms with Crippen LogP contribution in [-0.2, 0) is 15.5 Å². The molecule has 2 rings (SSSR count). The maximum atomic E-state index is 12.1. The molecule has 0 aliphatic heterocycles. The number of ether oxygens (including phenoxy) is 1. The Morgan fingerprint density at radius 3 is 2.65 bits per heavy atom. The first kappa shape index (κ1) is 24.1. The number of aliphatic imine (C=N–C) groups is 1. The highest BCUT2D eigenvalue weighted by Crippen LogP contribution is 2.49. The summed E-state index contributed by atoms with van der Waals surface area (Å²) in [6, 6.07) is 0.394. The molecule has 0 amide bonds. The van der Waals surface area contributed by atoms with E-state index in [1.807, 2.05) is 13.8 Å². The van der Waals surface area contributed by atoms with E-state index in [-0.39, 0.29) is 24.0 Å². The molecule has 0 radical (unpaired) electrons. The Labute approximate surface area is 179 Å². The van der Waals surface area contributed by atoms with Crippen LogP contribution >= 0.6 is 24.0 Å². The molecule has 26 heavy (non-hydrogen) atoms. The topological polar surface area (TPSA) is 62.7 Å². The Bertz CT molecular complexity index is 458. The molecule has 0 saturated heterocycles. The smallest absolute Gasteiger partial charge is 0.191 e. The van der Waals surface area contributed by atoms with Crippen molar-refractivity contribution in [3.63, 3.8) is 0 Å². The molecule has 0 heterocycles. The SMILES string of the molecule is CCNC(=NCC1(CCOCC)CC1)NC1CCCC(S(=O)CC)C1.I. The van der Waals surface area contributed by atoms with Crippen LogP contribution in [0.1, 0.15) is 65.7 Å². The first-order chi connectivity index (χ1) is 12.1. The lowest BCUT2D eigenvalue weighted by molar-refractivity contribution is 0.129. The monoisotopic (exact) mass is 499 g/mol. The maximum absolute atomic E-state index is 12.1. The second-order valence-electron chi connectivity index (χ2n) is 7.44. The molecule has 3 atom stereocenters. The third kappa shape index (κ3) is 8.00. The maximum Gasteiger partial charge on any atom is 0.191 e. The van der Waals surface area contributed by atoms with Crippen molar-refractivity contribution in [2.75, 3.05) is 32.1 Å². The Balaban J connectivity index is 0.00000338. The molecule has 7 heteroatoms. The number of hydrogen-bond donors (Lipinski definition) is 2. The molecule has 0 bridgehead atoms. The average Bonchev–Trinajstić information content (AvgIpc) is 3.40. The summed E-state index contributed by atoms with van der Waals surface area (Å²) in [5.74, 6) is 1.70. The van der Waals surface area contributed by atoms with E-state index >= 15 is 0 Å². The van der Waals surface area contributed by atoms with Crippen LogP contribution in [0.5, 0.6) is 0 Å². The van der Waals surface area contributed by atoms with Crippen LogP contribution in [0.25, 0.3) is 0 Å². The standard InChI is InChI=1S/C19H37N3O2S.HI/c1-4-20-18(21-15-19(10-11-19)12-13-24-5-2)22-16-8-7-9-17(14-16)25(23)6-3;/h16-17H,4-15H2,1-3H3,(H2,20,21,22);1H. The van der Waals surface area contributed by atoms with Crippen molar-refractivity contribution >= 4 is 40.7 Å². The molecule has 2 fully saturated rings. The van der Waals surface area contributed by atoms with E-state index < -0.39 is 10.8 Å². The number of guanidine groups is 1. The van der Waals surface area contributed by atoms with Gasteiger partial charge in [0.05, 0.1) is 0 Å². The number of nitrogens with one attached hydrogen (secondary N) is 2. The van der Waals surface area contributed by atoms with E-state index in [2.05, 4.69) is 17.6 Å². The van der Waals surface area contributed by atoms with Crippen molar-refractivity contribution in [3.05, 3.63) is 0 Å². The quantitative estimate of drug-likeness (QED) is 0.209. The molecule has 3 unspecified atom stereocenters. The molecular weight excluding hydrogens is 461 g/mol. The van der Waals surface area contributed by atoms with Crippen molar-refractivity contribution in [2.45, 2.75) is 77.0 Å². The van der Waals surface area contributed by atoms with Crippen molar-refractivity contribution in [3.8, 4) is 0 Å². The summed E-state index contributed by atoms with van der Waals surface area (Å²) in [4.78, 5) is 4.87. The number of halogens is 1. The molecule has 0 aromatic rings. The summed E-state index contributed by atoms with van der Waals surface area (Å²) >= 11 is 0. The molecule has 5 nitrogen and oxygen atoms in total. The van der Waals surface area contributed by atoms with Gasteiger partial charge in [-0.1, -0.05) is 13.3 Å². The normalized spacial score (nSPS) is 25.9. The Hall–Kier alpha value is 0.110. The molecule has 2 saturated carbocycles. The van der Waals surface area contributed by atoms with E-state index in [9.17, 15) is 4.21 Å². The van der Waals surface area contributed by atoms with Gasteiger partial charge in [0, 0.05) is 54.1 Å². The number of rotatable bonds is 10. The molecule has 2 aliphatic rings. The largest absolute Gasteiger partial charge is 0.382 e. The van der Waals surface area contributed by atoms with Crippen molar-refractivity contribution < 1.29 is 8.95 Å². The van der Waals surface area contributed by atoms with Gasteiger partial charge in [-0.05, 0) is 57.8 Å². The minimum Gasteiger partial charge on any atom is -0.382 e. The fraction of sp³-hybridized carbons (Fsp3) is 0.947. The van der Waals surface area contributed by atoms with E-state index in [0.29, 0.717) is 16.7 Å². The molecule has 0 aromatic carbocycles. The van der Waals surface area contributed by atoms with Gasteiger partial charge in [-0.15, -0.1) is 24.0 Å². The fourth-order valence-corrected chi connectivity index (χ4v) is 4.96. The van der Waals surface area contributed by atoms with Gasteiger partial charge in [0.25, 0.3) is 0 Å². The summed E-state index contributed by atoms with van der Waals surface area (Å²) in [5, 5.41) is 7.34. The highest BCUT2D eigenvalue weighted by molar-refractivity contribution is 14.0. The first-order valence-electron chi connectivity index (χ1n) is 10.1. The fourth-order valence-electron chi connectivity index (χ4n) is 3.61. The lowest BCUT2D eigenvalue weighted by Crippen LogP contribution is -2.46.